The van der Waals surface area contributed by atoms with E-state index in [1.54, 1.807) is 13.2 Å². The van der Waals surface area contributed by atoms with E-state index in [2.05, 4.69) is 5.32 Å². The first-order chi connectivity index (χ1) is 7.65. The van der Waals surface area contributed by atoms with Gasteiger partial charge in [0.25, 0.3) is 0 Å². The number of hydrogen-bond acceptors (Lipinski definition) is 3. The van der Waals surface area contributed by atoms with Crippen LogP contribution in [-0.4, -0.2) is 20.3 Å². The molecule has 90 valence electrons. The van der Waals surface area contributed by atoms with Crippen molar-refractivity contribution in [2.45, 2.75) is 19.4 Å². The number of methoxy groups -OCH3 is 1. The molecule has 0 aromatic heterocycles. The lowest BCUT2D eigenvalue weighted by atomic mass is 10.1. The fourth-order valence-electron chi connectivity index (χ4n) is 1.47. The second-order valence-electron chi connectivity index (χ2n) is 3.80. The quantitative estimate of drug-likeness (QED) is 0.577. The lowest BCUT2D eigenvalue weighted by molar-refractivity contribution is 0.193. The topological polar surface area (TPSA) is 47.3 Å². The van der Waals surface area contributed by atoms with E-state index in [4.69, 9.17) is 10.5 Å². The number of hydrogen-bond donors (Lipinski definition) is 2. The summed E-state index contributed by atoms with van der Waals surface area (Å²) in [4.78, 5) is 0. The summed E-state index contributed by atoms with van der Waals surface area (Å²) in [5, 5.41) is 3.29. The van der Waals surface area contributed by atoms with Crippen molar-refractivity contribution in [2.24, 2.45) is 0 Å². The molecule has 3 N–H and O–H groups in total. The van der Waals surface area contributed by atoms with Crippen molar-refractivity contribution in [1.29, 1.82) is 0 Å². The molecular weight excluding hydrogens is 207 g/mol. The van der Waals surface area contributed by atoms with Crippen molar-refractivity contribution >= 4 is 5.69 Å². The van der Waals surface area contributed by atoms with Crippen LogP contribution in [0.15, 0.2) is 18.2 Å². The van der Waals surface area contributed by atoms with Crippen molar-refractivity contribution in [3.63, 3.8) is 0 Å². The molecule has 1 rings (SSSR count). The predicted molar refractivity (Wildman–Crippen MR) is 63.7 cm³/mol. The maximum Gasteiger partial charge on any atom is 0.146 e. The minimum atomic E-state index is -0.358. The maximum atomic E-state index is 13.2. The number of ether oxygens (including phenoxy) is 1. The van der Waals surface area contributed by atoms with Gasteiger partial charge in [0.15, 0.2) is 0 Å². The molecule has 16 heavy (non-hydrogen) atoms. The van der Waals surface area contributed by atoms with Gasteiger partial charge < -0.3 is 15.8 Å². The molecule has 1 atom stereocenters. The number of halogens is 1. The van der Waals surface area contributed by atoms with Gasteiger partial charge in [-0.3, -0.25) is 0 Å². The Morgan fingerprint density at radius 3 is 2.88 bits per heavy atom. The number of anilines is 1. The molecule has 4 heteroatoms. The predicted octanol–water partition coefficient (Wildman–Crippen LogP) is 2.09. The van der Waals surface area contributed by atoms with E-state index < -0.39 is 0 Å². The normalized spacial score (nSPS) is 12.7. The van der Waals surface area contributed by atoms with E-state index >= 15 is 0 Å². The van der Waals surface area contributed by atoms with Crippen LogP contribution in [0.2, 0.25) is 0 Å². The molecule has 0 saturated heterocycles. The van der Waals surface area contributed by atoms with Crippen LogP contribution >= 0.6 is 0 Å². The molecule has 0 bridgehead atoms. The van der Waals surface area contributed by atoms with Crippen LogP contribution < -0.4 is 11.1 Å². The molecule has 0 spiro atoms. The lowest BCUT2D eigenvalue weighted by Gasteiger charge is -2.14. The number of rotatable bonds is 6. The van der Waals surface area contributed by atoms with Gasteiger partial charge in [-0.05, 0) is 37.6 Å². The second-order valence-corrected chi connectivity index (χ2v) is 3.80. The van der Waals surface area contributed by atoms with Crippen LogP contribution in [0.1, 0.15) is 24.9 Å². The highest BCUT2D eigenvalue weighted by Gasteiger charge is 2.06. The average molecular weight is 226 g/mol. The summed E-state index contributed by atoms with van der Waals surface area (Å²) in [6, 6.07) is 5.03. The van der Waals surface area contributed by atoms with Crippen molar-refractivity contribution in [3.05, 3.63) is 29.6 Å². The van der Waals surface area contributed by atoms with Gasteiger partial charge in [0.2, 0.25) is 0 Å². The van der Waals surface area contributed by atoms with Crippen LogP contribution in [0.3, 0.4) is 0 Å². The number of benzene rings is 1. The lowest BCUT2D eigenvalue weighted by Crippen LogP contribution is -2.21. The van der Waals surface area contributed by atoms with Crippen LogP contribution in [0, 0.1) is 5.82 Å². The molecule has 0 amide bonds. The van der Waals surface area contributed by atoms with Gasteiger partial charge >= 0.3 is 0 Å². The molecular formula is C12H19FN2O. The minimum Gasteiger partial charge on any atom is -0.396 e. The Labute approximate surface area is 95.8 Å². The molecule has 0 aliphatic heterocycles. The SMILES string of the molecule is COCCCN[C@@H](C)c1ccc(N)c(F)c1. The molecule has 0 saturated carbocycles. The first kappa shape index (κ1) is 12.9. The van der Waals surface area contributed by atoms with E-state index in [-0.39, 0.29) is 17.5 Å². The highest BCUT2D eigenvalue weighted by molar-refractivity contribution is 5.41. The summed E-state index contributed by atoms with van der Waals surface area (Å²) in [6.07, 6.45) is 0.943. The molecule has 1 aromatic rings. The summed E-state index contributed by atoms with van der Waals surface area (Å²) in [7, 11) is 1.68. The summed E-state index contributed by atoms with van der Waals surface area (Å²) < 4.78 is 18.2. The van der Waals surface area contributed by atoms with Gasteiger partial charge in [-0.2, -0.15) is 0 Å². The third-order valence-electron chi connectivity index (χ3n) is 2.50. The van der Waals surface area contributed by atoms with Crippen LogP contribution in [0.5, 0.6) is 0 Å². The smallest absolute Gasteiger partial charge is 0.146 e. The third kappa shape index (κ3) is 3.79. The number of nitrogens with two attached hydrogens (primary N) is 1. The zero-order chi connectivity index (χ0) is 12.0. The van der Waals surface area contributed by atoms with Crippen molar-refractivity contribution in [1.82, 2.24) is 5.32 Å². The Bertz CT molecular complexity index is 331. The Kier molecular flexibility index (Phi) is 5.22. The van der Waals surface area contributed by atoms with Crippen molar-refractivity contribution < 1.29 is 9.13 Å². The van der Waals surface area contributed by atoms with E-state index in [1.165, 1.54) is 6.07 Å². The van der Waals surface area contributed by atoms with Gasteiger partial charge in [0.1, 0.15) is 5.82 Å². The first-order valence-electron chi connectivity index (χ1n) is 5.42. The average Bonchev–Trinajstić information content (AvgIpc) is 2.28. The molecule has 0 heterocycles. The molecule has 0 aliphatic rings. The molecule has 3 nitrogen and oxygen atoms in total. The highest BCUT2D eigenvalue weighted by atomic mass is 19.1. The van der Waals surface area contributed by atoms with Gasteiger partial charge in [-0.1, -0.05) is 6.07 Å². The summed E-state index contributed by atoms with van der Waals surface area (Å²) in [6.45, 7) is 3.58. The third-order valence-corrected chi connectivity index (χ3v) is 2.50. The zero-order valence-electron chi connectivity index (χ0n) is 9.79. The van der Waals surface area contributed by atoms with E-state index in [1.807, 2.05) is 13.0 Å². The zero-order valence-corrected chi connectivity index (χ0v) is 9.79. The molecule has 0 radical (unpaired) electrons. The summed E-state index contributed by atoms with van der Waals surface area (Å²) >= 11 is 0. The van der Waals surface area contributed by atoms with E-state index in [9.17, 15) is 4.39 Å². The van der Waals surface area contributed by atoms with E-state index in [0.29, 0.717) is 0 Å². The fraction of sp³-hybridized carbons (Fsp3) is 0.500. The maximum absolute atomic E-state index is 13.2. The minimum absolute atomic E-state index is 0.118. The molecule has 0 aliphatic carbocycles. The van der Waals surface area contributed by atoms with E-state index in [0.717, 1.165) is 25.1 Å². The molecule has 0 unspecified atom stereocenters. The largest absolute Gasteiger partial charge is 0.396 e. The van der Waals surface area contributed by atoms with Gasteiger partial charge in [-0.15, -0.1) is 0 Å². The number of nitrogen functional groups attached to an aromatic ring is 1. The first-order valence-corrected chi connectivity index (χ1v) is 5.42. The second kappa shape index (κ2) is 6.45. The van der Waals surface area contributed by atoms with Crippen molar-refractivity contribution in [2.75, 3.05) is 26.0 Å². The number of nitrogens with one attached hydrogen (secondary N) is 1. The van der Waals surface area contributed by atoms with Gasteiger partial charge in [0.05, 0.1) is 5.69 Å². The molecule has 0 fully saturated rings. The Morgan fingerprint density at radius 2 is 2.25 bits per heavy atom. The monoisotopic (exact) mass is 226 g/mol. The van der Waals surface area contributed by atoms with Crippen LogP contribution in [0.25, 0.3) is 0 Å². The molecule has 1 aromatic carbocycles. The highest BCUT2D eigenvalue weighted by Crippen LogP contribution is 2.17. The summed E-state index contributed by atoms with van der Waals surface area (Å²) in [5.41, 5.74) is 6.51. The Morgan fingerprint density at radius 1 is 1.50 bits per heavy atom. The standard InChI is InChI=1S/C12H19FN2O/c1-9(15-6-3-7-16-2)10-4-5-12(14)11(13)8-10/h4-5,8-9,15H,3,6-7,14H2,1-2H3/t9-/m0/s1. The van der Waals surface area contributed by atoms with Crippen molar-refractivity contribution in [3.8, 4) is 0 Å². The Hall–Kier alpha value is -1.13. The van der Waals surface area contributed by atoms with Crippen LogP contribution in [0.4, 0.5) is 10.1 Å². The Balaban J connectivity index is 2.46. The summed E-state index contributed by atoms with van der Waals surface area (Å²) in [5.74, 6) is -0.358. The van der Waals surface area contributed by atoms with Crippen LogP contribution in [-0.2, 0) is 4.74 Å². The fourth-order valence-corrected chi connectivity index (χ4v) is 1.47. The van der Waals surface area contributed by atoms with Gasteiger partial charge in [-0.25, -0.2) is 4.39 Å². The van der Waals surface area contributed by atoms with Gasteiger partial charge in [0, 0.05) is 19.8 Å².